The third-order valence-corrected chi connectivity index (χ3v) is 11.1. The summed E-state index contributed by atoms with van der Waals surface area (Å²) in [5.74, 6) is 0. The highest BCUT2D eigenvalue weighted by Crippen LogP contribution is 2.29. The van der Waals surface area contributed by atoms with Crippen LogP contribution < -0.4 is 15.6 Å². The Morgan fingerprint density at radius 2 is 0.727 bits per heavy atom. The van der Waals surface area contributed by atoms with E-state index in [1.54, 1.807) is 0 Å². The molecule has 1 heteroatoms. The van der Waals surface area contributed by atoms with E-state index in [9.17, 15) is 0 Å². The molecule has 0 fully saturated rings. The molecule has 158 valence electrons. The van der Waals surface area contributed by atoms with Gasteiger partial charge in [-0.2, -0.15) is 0 Å². The van der Waals surface area contributed by atoms with E-state index >= 15 is 0 Å². The summed E-state index contributed by atoms with van der Waals surface area (Å²) in [5.41, 5.74) is 2.49. The zero-order chi connectivity index (χ0) is 22.3. The topological polar surface area (TPSA) is 0 Å². The lowest BCUT2D eigenvalue weighted by atomic mass is 10.1. The van der Waals surface area contributed by atoms with Crippen molar-refractivity contribution in [3.8, 4) is 0 Å². The molecule has 0 aliphatic rings. The smallest absolute Gasteiger partial charge is 0.0623 e. The summed E-state index contributed by atoms with van der Waals surface area (Å²) in [5, 5.41) is 5.54. The standard InChI is InChI=1S/C32H26Si/c1-6-16-27(17-7-1)26-32(28-18-8-2-9-19-28)33(29-20-10-3-11-21-29,30-22-12-4-13-23-30)31-24-14-5-15-25-31/h1-26H. The average Bonchev–Trinajstić information content (AvgIpc) is 2.91. The van der Waals surface area contributed by atoms with Crippen LogP contribution in [0.15, 0.2) is 152 Å². The van der Waals surface area contributed by atoms with Gasteiger partial charge in [-0.3, -0.25) is 0 Å². The Balaban J connectivity index is 1.94. The van der Waals surface area contributed by atoms with Gasteiger partial charge in [-0.1, -0.05) is 158 Å². The molecule has 0 amide bonds. The molecule has 0 N–H and O–H groups in total. The van der Waals surface area contributed by atoms with Crippen LogP contribution >= 0.6 is 0 Å². The Hall–Kier alpha value is -3.94. The fourth-order valence-corrected chi connectivity index (χ4v) is 9.77. The first-order chi connectivity index (χ1) is 16.4. The molecule has 0 aliphatic heterocycles. The van der Waals surface area contributed by atoms with Gasteiger partial charge in [-0.25, -0.2) is 0 Å². The maximum absolute atomic E-state index is 2.62. The fourth-order valence-electron chi connectivity index (χ4n) is 4.77. The SMILES string of the molecule is C(=C(c1ccccc1)[Si](c1ccccc1)(c1ccccc1)c1ccccc1)c1ccccc1. The minimum absolute atomic E-state index is 1.22. The summed E-state index contributed by atoms with van der Waals surface area (Å²) in [4.78, 5) is 0. The summed E-state index contributed by atoms with van der Waals surface area (Å²) in [7, 11) is -2.62. The summed E-state index contributed by atoms with van der Waals surface area (Å²) in [6, 6.07) is 54.9. The maximum atomic E-state index is 2.41. The lowest BCUT2D eigenvalue weighted by Crippen LogP contribution is -2.68. The normalized spacial score (nSPS) is 11.8. The van der Waals surface area contributed by atoms with Crippen molar-refractivity contribution in [1.29, 1.82) is 0 Å². The van der Waals surface area contributed by atoms with Gasteiger partial charge in [0.2, 0.25) is 0 Å². The van der Waals surface area contributed by atoms with Crippen LogP contribution in [0.2, 0.25) is 0 Å². The summed E-state index contributed by atoms with van der Waals surface area (Å²) >= 11 is 0. The molecule has 5 aromatic carbocycles. The molecule has 0 unspecified atom stereocenters. The van der Waals surface area contributed by atoms with E-state index in [0.717, 1.165) is 0 Å². The molecule has 5 aromatic rings. The predicted octanol–water partition coefficient (Wildman–Crippen LogP) is 5.94. The van der Waals surface area contributed by atoms with E-state index in [-0.39, 0.29) is 0 Å². The third kappa shape index (κ3) is 4.11. The molecule has 0 aromatic heterocycles. The fraction of sp³-hybridized carbons (Fsp3) is 0. The van der Waals surface area contributed by atoms with Crippen LogP contribution in [0.1, 0.15) is 11.1 Å². The molecule has 0 nitrogen and oxygen atoms in total. The second-order valence-corrected chi connectivity index (χ2v) is 12.0. The van der Waals surface area contributed by atoms with Gasteiger partial charge >= 0.3 is 0 Å². The van der Waals surface area contributed by atoms with Crippen molar-refractivity contribution in [2.24, 2.45) is 0 Å². The predicted molar refractivity (Wildman–Crippen MR) is 145 cm³/mol. The number of hydrogen-bond donors (Lipinski definition) is 0. The monoisotopic (exact) mass is 438 g/mol. The molecule has 33 heavy (non-hydrogen) atoms. The quantitative estimate of drug-likeness (QED) is 0.175. The Morgan fingerprint density at radius 1 is 0.394 bits per heavy atom. The molecule has 0 atom stereocenters. The zero-order valence-corrected chi connectivity index (χ0v) is 19.5. The molecule has 0 heterocycles. The van der Waals surface area contributed by atoms with Crippen LogP contribution in [0.4, 0.5) is 0 Å². The van der Waals surface area contributed by atoms with Gasteiger partial charge in [0, 0.05) is 0 Å². The largest absolute Gasteiger partial charge is 0.180 e. The van der Waals surface area contributed by atoms with Gasteiger partial charge in [0.05, 0.1) is 0 Å². The summed E-state index contributed by atoms with van der Waals surface area (Å²) in [6.07, 6.45) is 2.41. The Kier molecular flexibility index (Phi) is 6.14. The van der Waals surface area contributed by atoms with Gasteiger partial charge < -0.3 is 0 Å². The number of hydrogen-bond acceptors (Lipinski definition) is 0. The van der Waals surface area contributed by atoms with Gasteiger partial charge in [0.25, 0.3) is 0 Å². The van der Waals surface area contributed by atoms with Crippen LogP contribution in [-0.4, -0.2) is 8.07 Å². The van der Waals surface area contributed by atoms with Crippen molar-refractivity contribution in [2.45, 2.75) is 0 Å². The Morgan fingerprint density at radius 3 is 1.12 bits per heavy atom. The third-order valence-electron chi connectivity index (χ3n) is 6.22. The highest BCUT2D eigenvalue weighted by molar-refractivity contribution is 7.23. The van der Waals surface area contributed by atoms with Crippen molar-refractivity contribution in [3.63, 3.8) is 0 Å². The first kappa shape index (κ1) is 20.9. The second kappa shape index (κ2) is 9.68. The van der Waals surface area contributed by atoms with E-state index < -0.39 is 8.07 Å². The van der Waals surface area contributed by atoms with E-state index in [0.29, 0.717) is 0 Å². The van der Waals surface area contributed by atoms with Gasteiger partial charge in [-0.05, 0) is 31.9 Å². The molecule has 5 rings (SSSR count). The van der Waals surface area contributed by atoms with Crippen molar-refractivity contribution in [2.75, 3.05) is 0 Å². The van der Waals surface area contributed by atoms with Gasteiger partial charge in [0.15, 0.2) is 8.07 Å². The second-order valence-electron chi connectivity index (χ2n) is 8.18. The molecule has 0 bridgehead atoms. The summed E-state index contributed by atoms with van der Waals surface area (Å²) < 4.78 is 0. The van der Waals surface area contributed by atoms with Crippen LogP contribution in [-0.2, 0) is 0 Å². The number of rotatable bonds is 6. The van der Waals surface area contributed by atoms with Crippen molar-refractivity contribution >= 4 is 34.9 Å². The highest BCUT2D eigenvalue weighted by atomic mass is 28.3. The first-order valence-corrected chi connectivity index (χ1v) is 13.4. The van der Waals surface area contributed by atoms with E-state index in [1.165, 1.54) is 31.9 Å². The average molecular weight is 439 g/mol. The number of benzene rings is 5. The molecular formula is C32H26Si. The van der Waals surface area contributed by atoms with Gasteiger partial charge in [-0.15, -0.1) is 0 Å². The lowest BCUT2D eigenvalue weighted by Gasteiger charge is -2.36. The first-order valence-electron chi connectivity index (χ1n) is 11.4. The minimum Gasteiger partial charge on any atom is -0.0623 e. The maximum Gasteiger partial charge on any atom is 0.180 e. The van der Waals surface area contributed by atoms with Crippen LogP contribution in [0.3, 0.4) is 0 Å². The minimum atomic E-state index is -2.62. The summed E-state index contributed by atoms with van der Waals surface area (Å²) in [6.45, 7) is 0. The van der Waals surface area contributed by atoms with E-state index in [2.05, 4.69) is 158 Å². The van der Waals surface area contributed by atoms with Crippen molar-refractivity contribution < 1.29 is 0 Å². The molecule has 0 aliphatic carbocycles. The van der Waals surface area contributed by atoms with Gasteiger partial charge in [0.1, 0.15) is 0 Å². The molecule has 0 saturated heterocycles. The van der Waals surface area contributed by atoms with Crippen molar-refractivity contribution in [3.05, 3.63) is 163 Å². The Bertz CT molecular complexity index is 1210. The van der Waals surface area contributed by atoms with E-state index in [4.69, 9.17) is 0 Å². The van der Waals surface area contributed by atoms with Crippen LogP contribution in [0, 0.1) is 0 Å². The Labute approximate surface area is 197 Å². The van der Waals surface area contributed by atoms with E-state index in [1.807, 2.05) is 0 Å². The molecular weight excluding hydrogens is 412 g/mol. The van der Waals surface area contributed by atoms with Crippen LogP contribution in [0.5, 0.6) is 0 Å². The van der Waals surface area contributed by atoms with Crippen LogP contribution in [0.25, 0.3) is 11.3 Å². The molecule has 0 spiro atoms. The zero-order valence-electron chi connectivity index (χ0n) is 18.5. The molecule has 0 radical (unpaired) electrons. The lowest BCUT2D eigenvalue weighted by molar-refractivity contribution is 1.61. The van der Waals surface area contributed by atoms with Crippen molar-refractivity contribution in [1.82, 2.24) is 0 Å². The highest BCUT2D eigenvalue weighted by Gasteiger charge is 2.43. The molecule has 0 saturated carbocycles.